The lowest BCUT2D eigenvalue weighted by atomic mass is 10.1. The molecule has 0 atom stereocenters. The first-order valence-corrected chi connectivity index (χ1v) is 13.5. The van der Waals surface area contributed by atoms with Gasteiger partial charge in [0.1, 0.15) is 5.70 Å². The van der Waals surface area contributed by atoms with Gasteiger partial charge in [-0.25, -0.2) is 0 Å². The van der Waals surface area contributed by atoms with E-state index in [0.717, 1.165) is 4.90 Å². The van der Waals surface area contributed by atoms with Crippen molar-refractivity contribution < 1.29 is 14.4 Å². The molecule has 4 aromatic carbocycles. The molecular weight excluding hydrogens is 553 g/mol. The van der Waals surface area contributed by atoms with Crippen molar-refractivity contribution in [3.8, 4) is 0 Å². The van der Waals surface area contributed by atoms with E-state index in [9.17, 15) is 14.4 Å². The maximum Gasteiger partial charge on any atom is 0.272 e. The highest BCUT2D eigenvalue weighted by Gasteiger charge is 2.16. The molecule has 4 aromatic rings. The Labute approximate surface area is 240 Å². The van der Waals surface area contributed by atoms with Gasteiger partial charge >= 0.3 is 0 Å². The number of rotatable bonds is 9. The Morgan fingerprint density at radius 2 is 1.33 bits per heavy atom. The Kier molecular flexibility index (Phi) is 9.80. The number of hydrogen-bond acceptors (Lipinski definition) is 4. The van der Waals surface area contributed by atoms with Crippen LogP contribution in [-0.4, -0.2) is 23.5 Å². The van der Waals surface area contributed by atoms with Crippen LogP contribution < -0.4 is 16.0 Å². The molecule has 0 radical (unpaired) electrons. The summed E-state index contributed by atoms with van der Waals surface area (Å²) in [7, 11) is 0. The molecule has 0 bridgehead atoms. The van der Waals surface area contributed by atoms with Gasteiger partial charge in [-0.05, 0) is 78.4 Å². The zero-order chi connectivity index (χ0) is 27.6. The summed E-state index contributed by atoms with van der Waals surface area (Å²) in [6, 6.07) is 29.6. The molecule has 0 spiro atoms. The zero-order valence-corrected chi connectivity index (χ0v) is 22.8. The Morgan fingerprint density at radius 1 is 0.718 bits per heavy atom. The summed E-state index contributed by atoms with van der Waals surface area (Å²) in [5, 5.41) is 9.35. The summed E-state index contributed by atoms with van der Waals surface area (Å²) >= 11 is 13.5. The second-order valence-electron chi connectivity index (χ2n) is 8.22. The normalized spacial score (nSPS) is 11.0. The van der Waals surface area contributed by atoms with E-state index in [1.807, 2.05) is 0 Å². The molecule has 39 heavy (non-hydrogen) atoms. The number of anilines is 2. The fourth-order valence-electron chi connectivity index (χ4n) is 3.40. The Balaban J connectivity index is 1.40. The molecule has 0 aliphatic carbocycles. The largest absolute Gasteiger partial charge is 0.325 e. The summed E-state index contributed by atoms with van der Waals surface area (Å²) in [5.74, 6) is -0.872. The molecular formula is C30H23Cl2N3O3S. The maximum atomic E-state index is 13.2. The van der Waals surface area contributed by atoms with E-state index >= 15 is 0 Å². The molecule has 0 aliphatic heterocycles. The number of halogens is 2. The Morgan fingerprint density at radius 3 is 2.03 bits per heavy atom. The number of carbonyl (C=O) groups excluding carboxylic acids is 3. The number of benzene rings is 4. The van der Waals surface area contributed by atoms with Gasteiger partial charge in [-0.1, -0.05) is 59.6 Å². The standard InChI is InChI=1S/C30H23Cl2N3O3S/c31-22-10-12-23(13-11-22)33-28(36)19-39-25-16-14-24(15-17-25)34-30(38)27(18-21-8-4-5-9-26(21)32)35-29(37)20-6-2-1-3-7-20/h1-18H,19H2,(H,33,36)(H,34,38)(H,35,37)/b27-18-. The average Bonchev–Trinajstić information content (AvgIpc) is 2.95. The van der Waals surface area contributed by atoms with Gasteiger partial charge in [0.25, 0.3) is 11.8 Å². The lowest BCUT2D eigenvalue weighted by Crippen LogP contribution is -2.30. The molecule has 4 rings (SSSR count). The number of thioether (sulfide) groups is 1. The minimum Gasteiger partial charge on any atom is -0.325 e. The second kappa shape index (κ2) is 13.7. The molecule has 0 saturated carbocycles. The van der Waals surface area contributed by atoms with Crippen LogP contribution in [0.25, 0.3) is 6.08 Å². The van der Waals surface area contributed by atoms with Crippen molar-refractivity contribution in [2.24, 2.45) is 0 Å². The molecule has 3 amide bonds. The van der Waals surface area contributed by atoms with Crippen molar-refractivity contribution in [1.29, 1.82) is 0 Å². The smallest absolute Gasteiger partial charge is 0.272 e. The number of nitrogens with one attached hydrogen (secondary N) is 3. The van der Waals surface area contributed by atoms with E-state index < -0.39 is 11.8 Å². The number of carbonyl (C=O) groups is 3. The average molecular weight is 577 g/mol. The fourth-order valence-corrected chi connectivity index (χ4v) is 4.42. The van der Waals surface area contributed by atoms with Gasteiger partial charge in [0, 0.05) is 31.9 Å². The van der Waals surface area contributed by atoms with E-state index in [1.165, 1.54) is 17.8 Å². The quantitative estimate of drug-likeness (QED) is 0.146. The molecule has 0 unspecified atom stereocenters. The van der Waals surface area contributed by atoms with E-state index in [4.69, 9.17) is 23.2 Å². The molecule has 6 nitrogen and oxygen atoms in total. The summed E-state index contributed by atoms with van der Waals surface area (Å²) < 4.78 is 0. The number of amides is 3. The lowest BCUT2D eigenvalue weighted by molar-refractivity contribution is -0.114. The molecule has 9 heteroatoms. The van der Waals surface area contributed by atoms with Gasteiger partial charge in [-0.15, -0.1) is 11.8 Å². The van der Waals surface area contributed by atoms with Crippen LogP contribution in [0.5, 0.6) is 0 Å². The van der Waals surface area contributed by atoms with Crippen molar-refractivity contribution in [1.82, 2.24) is 5.32 Å². The minimum atomic E-state index is -0.512. The fraction of sp³-hybridized carbons (Fsp3) is 0.0333. The van der Waals surface area contributed by atoms with Gasteiger partial charge in [-0.3, -0.25) is 14.4 Å². The molecule has 0 saturated heterocycles. The second-order valence-corrected chi connectivity index (χ2v) is 10.1. The third-order valence-corrected chi connectivity index (χ3v) is 6.95. The monoisotopic (exact) mass is 575 g/mol. The van der Waals surface area contributed by atoms with Gasteiger partial charge in [0.15, 0.2) is 0 Å². The van der Waals surface area contributed by atoms with Gasteiger partial charge in [0.2, 0.25) is 5.91 Å². The van der Waals surface area contributed by atoms with Crippen molar-refractivity contribution >= 4 is 70.1 Å². The third kappa shape index (κ3) is 8.48. The summed E-state index contributed by atoms with van der Waals surface area (Å²) in [6.45, 7) is 0. The molecule has 0 heterocycles. The summed E-state index contributed by atoms with van der Waals surface area (Å²) in [5.41, 5.74) is 2.23. The molecule has 196 valence electrons. The first kappa shape index (κ1) is 28.0. The molecule has 3 N–H and O–H groups in total. The van der Waals surface area contributed by atoms with Crippen molar-refractivity contribution in [2.75, 3.05) is 16.4 Å². The van der Waals surface area contributed by atoms with Crippen LogP contribution in [0.4, 0.5) is 11.4 Å². The first-order chi connectivity index (χ1) is 18.9. The van der Waals surface area contributed by atoms with Crippen LogP contribution in [0.3, 0.4) is 0 Å². The predicted molar refractivity (Wildman–Crippen MR) is 159 cm³/mol. The van der Waals surface area contributed by atoms with Gasteiger partial charge < -0.3 is 16.0 Å². The van der Waals surface area contributed by atoms with Crippen LogP contribution in [0.15, 0.2) is 114 Å². The SMILES string of the molecule is O=C(CSc1ccc(NC(=O)/C(=C/c2ccccc2Cl)NC(=O)c2ccccc2)cc1)Nc1ccc(Cl)cc1. The molecule has 0 aromatic heterocycles. The minimum absolute atomic E-state index is 0.0364. The van der Waals surface area contributed by atoms with E-state index in [2.05, 4.69) is 16.0 Å². The highest BCUT2D eigenvalue weighted by molar-refractivity contribution is 8.00. The molecule has 0 aliphatic rings. The van der Waals surface area contributed by atoms with Crippen molar-refractivity contribution in [2.45, 2.75) is 4.90 Å². The van der Waals surface area contributed by atoms with Crippen LogP contribution >= 0.6 is 35.0 Å². The zero-order valence-electron chi connectivity index (χ0n) is 20.5. The van der Waals surface area contributed by atoms with E-state index in [1.54, 1.807) is 103 Å². The van der Waals surface area contributed by atoms with E-state index in [0.29, 0.717) is 32.5 Å². The predicted octanol–water partition coefficient (Wildman–Crippen LogP) is 7.13. The van der Waals surface area contributed by atoms with Gasteiger partial charge in [0.05, 0.1) is 5.75 Å². The van der Waals surface area contributed by atoms with Crippen molar-refractivity contribution in [3.05, 3.63) is 130 Å². The lowest BCUT2D eigenvalue weighted by Gasteiger charge is -2.12. The van der Waals surface area contributed by atoms with Crippen LogP contribution in [0.2, 0.25) is 10.0 Å². The van der Waals surface area contributed by atoms with E-state index in [-0.39, 0.29) is 17.4 Å². The number of hydrogen-bond donors (Lipinski definition) is 3. The van der Waals surface area contributed by atoms with Crippen LogP contribution in [0.1, 0.15) is 15.9 Å². The maximum absolute atomic E-state index is 13.2. The summed E-state index contributed by atoms with van der Waals surface area (Å²) in [6.07, 6.45) is 1.53. The molecule has 0 fully saturated rings. The highest BCUT2D eigenvalue weighted by Crippen LogP contribution is 2.22. The Hall–Kier alpha value is -4.04. The first-order valence-electron chi connectivity index (χ1n) is 11.8. The summed E-state index contributed by atoms with van der Waals surface area (Å²) in [4.78, 5) is 39.1. The third-order valence-electron chi connectivity index (χ3n) is 5.34. The highest BCUT2D eigenvalue weighted by atomic mass is 35.5. The van der Waals surface area contributed by atoms with Gasteiger partial charge in [-0.2, -0.15) is 0 Å². The van der Waals surface area contributed by atoms with Crippen molar-refractivity contribution in [3.63, 3.8) is 0 Å². The van der Waals surface area contributed by atoms with Crippen LogP contribution in [0, 0.1) is 0 Å². The van der Waals surface area contributed by atoms with Crippen LogP contribution in [-0.2, 0) is 9.59 Å². The topological polar surface area (TPSA) is 87.3 Å². The Bertz CT molecular complexity index is 1490.